The van der Waals surface area contributed by atoms with E-state index in [1.54, 1.807) is 34.5 Å². The van der Waals surface area contributed by atoms with Gasteiger partial charge in [-0.25, -0.2) is 9.78 Å². The van der Waals surface area contributed by atoms with Gasteiger partial charge in [0.1, 0.15) is 0 Å². The van der Waals surface area contributed by atoms with E-state index in [0.29, 0.717) is 34.1 Å². The molecular formula is C19H24N2O4S. The summed E-state index contributed by atoms with van der Waals surface area (Å²) < 4.78 is 12.2. The van der Waals surface area contributed by atoms with Crippen LogP contribution in [0.2, 0.25) is 0 Å². The fourth-order valence-electron chi connectivity index (χ4n) is 3.03. The highest BCUT2D eigenvalue weighted by Gasteiger charge is 2.19. The summed E-state index contributed by atoms with van der Waals surface area (Å²) in [6.45, 7) is 5.56. The van der Waals surface area contributed by atoms with Crippen LogP contribution in [0.3, 0.4) is 0 Å². The molecule has 140 valence electrons. The smallest absolute Gasteiger partial charge is 0.337 e. The third-order valence-corrected chi connectivity index (χ3v) is 5.42. The summed E-state index contributed by atoms with van der Waals surface area (Å²) >= 11 is 1.55. The lowest BCUT2D eigenvalue weighted by molar-refractivity contribution is 0.0601. The molecule has 1 aliphatic heterocycles. The van der Waals surface area contributed by atoms with Crippen molar-refractivity contribution in [3.63, 3.8) is 0 Å². The van der Waals surface area contributed by atoms with Gasteiger partial charge in [0.2, 0.25) is 0 Å². The molecule has 0 radical (unpaired) electrons. The third-order valence-electron chi connectivity index (χ3n) is 4.31. The molecule has 3 rings (SSSR count). The zero-order valence-electron chi connectivity index (χ0n) is 15.4. The van der Waals surface area contributed by atoms with E-state index in [-0.39, 0.29) is 11.7 Å². The number of hydrogen-bond acceptors (Lipinski definition) is 6. The maximum absolute atomic E-state index is 13.0. The van der Waals surface area contributed by atoms with E-state index < -0.39 is 5.97 Å². The molecule has 1 saturated heterocycles. The molecule has 2 heterocycles. The molecule has 1 fully saturated rings. The minimum atomic E-state index is -0.436. The number of carbonyl (C=O) groups is 1. The van der Waals surface area contributed by atoms with Crippen molar-refractivity contribution in [2.45, 2.75) is 44.5 Å². The predicted molar refractivity (Wildman–Crippen MR) is 102 cm³/mol. The van der Waals surface area contributed by atoms with E-state index >= 15 is 0 Å². The van der Waals surface area contributed by atoms with Crippen molar-refractivity contribution in [2.24, 2.45) is 5.92 Å². The molecule has 1 aromatic heterocycles. The minimum absolute atomic E-state index is 0.0741. The van der Waals surface area contributed by atoms with Crippen molar-refractivity contribution >= 4 is 28.6 Å². The van der Waals surface area contributed by atoms with Crippen LogP contribution in [-0.2, 0) is 16.0 Å². The summed E-state index contributed by atoms with van der Waals surface area (Å²) in [7, 11) is 1.34. The van der Waals surface area contributed by atoms with Crippen molar-refractivity contribution in [3.05, 3.63) is 34.1 Å². The second kappa shape index (κ2) is 8.22. The molecule has 26 heavy (non-hydrogen) atoms. The van der Waals surface area contributed by atoms with Crippen molar-refractivity contribution < 1.29 is 14.3 Å². The number of fused-ring (bicyclic) bond motifs is 1. The van der Waals surface area contributed by atoms with E-state index in [4.69, 9.17) is 9.47 Å². The van der Waals surface area contributed by atoms with Crippen LogP contribution < -0.4 is 5.56 Å². The SMILES string of the molecule is COC(=O)c1ccc2c(=O)n(CC(C)C)c(SC[C@H]3CCCO3)nc2c1. The zero-order valence-corrected chi connectivity index (χ0v) is 16.2. The van der Waals surface area contributed by atoms with Crippen LogP contribution in [0, 0.1) is 5.92 Å². The Hall–Kier alpha value is -1.86. The topological polar surface area (TPSA) is 70.4 Å². The first kappa shape index (κ1) is 18.9. The Morgan fingerprint density at radius 3 is 2.92 bits per heavy atom. The lowest BCUT2D eigenvalue weighted by atomic mass is 10.1. The van der Waals surface area contributed by atoms with Gasteiger partial charge in [0.05, 0.1) is 29.7 Å². The normalized spacial score (nSPS) is 17.2. The van der Waals surface area contributed by atoms with Gasteiger partial charge in [-0.2, -0.15) is 0 Å². The fourth-order valence-corrected chi connectivity index (χ4v) is 4.10. The first-order valence-corrected chi connectivity index (χ1v) is 9.85. The maximum atomic E-state index is 13.0. The first-order valence-electron chi connectivity index (χ1n) is 8.87. The van der Waals surface area contributed by atoms with Gasteiger partial charge >= 0.3 is 5.97 Å². The summed E-state index contributed by atoms with van der Waals surface area (Å²) in [4.78, 5) is 29.5. The second-order valence-electron chi connectivity index (χ2n) is 6.87. The molecular weight excluding hydrogens is 352 g/mol. The molecule has 0 bridgehead atoms. The van der Waals surface area contributed by atoms with Gasteiger partial charge in [-0.05, 0) is 37.0 Å². The molecule has 2 aromatic rings. The van der Waals surface area contributed by atoms with Gasteiger partial charge < -0.3 is 9.47 Å². The third kappa shape index (κ3) is 4.10. The van der Waals surface area contributed by atoms with Crippen LogP contribution in [0.15, 0.2) is 28.2 Å². The second-order valence-corrected chi connectivity index (χ2v) is 7.86. The standard InChI is InChI=1S/C19H24N2O4S/c1-12(2)10-21-17(22)15-7-6-13(18(23)24-3)9-16(15)20-19(21)26-11-14-5-4-8-25-14/h6-7,9,12,14H,4-5,8,10-11H2,1-3H3/t14-/m1/s1. The lowest BCUT2D eigenvalue weighted by Crippen LogP contribution is -2.26. The summed E-state index contributed by atoms with van der Waals surface area (Å²) in [6, 6.07) is 4.89. The molecule has 1 aromatic carbocycles. The van der Waals surface area contributed by atoms with Crippen LogP contribution in [0.1, 0.15) is 37.0 Å². The van der Waals surface area contributed by atoms with Crippen molar-refractivity contribution in [3.8, 4) is 0 Å². The molecule has 1 aliphatic rings. The van der Waals surface area contributed by atoms with Crippen molar-refractivity contribution in [1.82, 2.24) is 9.55 Å². The summed E-state index contributed by atoms with van der Waals surface area (Å²) in [5, 5.41) is 1.19. The Bertz CT molecular complexity index is 856. The van der Waals surface area contributed by atoms with Gasteiger partial charge in [-0.3, -0.25) is 9.36 Å². The van der Waals surface area contributed by atoms with E-state index in [2.05, 4.69) is 18.8 Å². The molecule has 0 aliphatic carbocycles. The number of thioether (sulfide) groups is 1. The number of nitrogens with zero attached hydrogens (tertiary/aromatic N) is 2. The van der Waals surface area contributed by atoms with Gasteiger partial charge in [0.25, 0.3) is 5.56 Å². The minimum Gasteiger partial charge on any atom is -0.465 e. The number of methoxy groups -OCH3 is 1. The molecule has 6 nitrogen and oxygen atoms in total. The van der Waals surface area contributed by atoms with E-state index in [1.165, 1.54) is 7.11 Å². The van der Waals surface area contributed by atoms with Crippen LogP contribution in [0.5, 0.6) is 0 Å². The lowest BCUT2D eigenvalue weighted by Gasteiger charge is -2.16. The fraction of sp³-hybridized carbons (Fsp3) is 0.526. The predicted octanol–water partition coefficient (Wildman–Crippen LogP) is 3.11. The van der Waals surface area contributed by atoms with Crippen LogP contribution >= 0.6 is 11.8 Å². The summed E-state index contributed by atoms with van der Waals surface area (Å²) in [5.41, 5.74) is 0.839. The van der Waals surface area contributed by atoms with E-state index in [9.17, 15) is 9.59 Å². The van der Waals surface area contributed by atoms with Crippen LogP contribution in [-0.4, -0.2) is 41.1 Å². The molecule has 0 unspecified atom stereocenters. The number of rotatable bonds is 6. The van der Waals surface area contributed by atoms with Crippen molar-refractivity contribution in [2.75, 3.05) is 19.5 Å². The average molecular weight is 376 g/mol. The Labute approximate surface area is 156 Å². The number of hydrogen-bond donors (Lipinski definition) is 0. The van der Waals surface area contributed by atoms with Crippen LogP contribution in [0.25, 0.3) is 10.9 Å². The highest BCUT2D eigenvalue weighted by molar-refractivity contribution is 7.99. The molecule has 7 heteroatoms. The molecule has 0 amide bonds. The number of ether oxygens (including phenoxy) is 2. The highest BCUT2D eigenvalue weighted by Crippen LogP contribution is 2.24. The number of aromatic nitrogens is 2. The zero-order chi connectivity index (χ0) is 18.7. The quantitative estimate of drug-likeness (QED) is 0.438. The van der Waals surface area contributed by atoms with E-state index in [1.807, 2.05) is 0 Å². The Balaban J connectivity index is 2.02. The first-order chi connectivity index (χ1) is 12.5. The Morgan fingerprint density at radius 1 is 1.46 bits per heavy atom. The summed E-state index contributed by atoms with van der Waals surface area (Å²) in [6.07, 6.45) is 2.33. The van der Waals surface area contributed by atoms with Gasteiger partial charge in [0, 0.05) is 18.9 Å². The highest BCUT2D eigenvalue weighted by atomic mass is 32.2. The maximum Gasteiger partial charge on any atom is 0.337 e. The molecule has 0 spiro atoms. The summed E-state index contributed by atoms with van der Waals surface area (Å²) in [5.74, 6) is 0.657. The van der Waals surface area contributed by atoms with Gasteiger partial charge in [0.15, 0.2) is 5.16 Å². The number of benzene rings is 1. The molecule has 0 N–H and O–H groups in total. The average Bonchev–Trinajstić information content (AvgIpc) is 3.14. The van der Waals surface area contributed by atoms with Crippen molar-refractivity contribution in [1.29, 1.82) is 0 Å². The van der Waals surface area contributed by atoms with Gasteiger partial charge in [-0.15, -0.1) is 0 Å². The van der Waals surface area contributed by atoms with Gasteiger partial charge in [-0.1, -0.05) is 25.6 Å². The Morgan fingerprint density at radius 2 is 2.27 bits per heavy atom. The largest absolute Gasteiger partial charge is 0.465 e. The Kier molecular flexibility index (Phi) is 5.98. The molecule has 1 atom stereocenters. The van der Waals surface area contributed by atoms with Crippen LogP contribution in [0.4, 0.5) is 0 Å². The number of carbonyl (C=O) groups excluding carboxylic acids is 1. The molecule has 0 saturated carbocycles. The monoisotopic (exact) mass is 376 g/mol. The van der Waals surface area contributed by atoms with E-state index in [0.717, 1.165) is 25.2 Å². The number of esters is 1.